The number of benzene rings is 1. The number of nitrogen functional groups attached to an aromatic ring is 1. The van der Waals surface area contributed by atoms with E-state index in [4.69, 9.17) is 22.2 Å². The lowest BCUT2D eigenvalue weighted by Crippen LogP contribution is -2.09. The van der Waals surface area contributed by atoms with Gasteiger partial charge in [-0.2, -0.15) is 4.98 Å². The van der Waals surface area contributed by atoms with Gasteiger partial charge in [0.15, 0.2) is 5.82 Å². The molecule has 2 rings (SSSR count). The molecule has 98 valence electrons. The van der Waals surface area contributed by atoms with Crippen molar-refractivity contribution >= 4 is 23.1 Å². The van der Waals surface area contributed by atoms with Gasteiger partial charge in [0, 0.05) is 17.2 Å². The van der Waals surface area contributed by atoms with Crippen LogP contribution < -0.4 is 16.0 Å². The summed E-state index contributed by atoms with van der Waals surface area (Å²) in [5.41, 5.74) is 2.06. The number of ether oxygens (including phenoxy) is 1. The van der Waals surface area contributed by atoms with Crippen molar-refractivity contribution in [3.05, 3.63) is 45.7 Å². The Hall–Kier alpha value is -2.45. The molecule has 0 fully saturated rings. The van der Waals surface area contributed by atoms with Crippen LogP contribution in [0.5, 0.6) is 11.6 Å². The first kappa shape index (κ1) is 13.0. The van der Waals surface area contributed by atoms with Crippen molar-refractivity contribution in [2.45, 2.75) is 0 Å². The van der Waals surface area contributed by atoms with Crippen LogP contribution >= 0.6 is 11.6 Å². The van der Waals surface area contributed by atoms with Gasteiger partial charge < -0.3 is 10.2 Å². The van der Waals surface area contributed by atoms with Gasteiger partial charge in [-0.25, -0.2) is 5.84 Å². The van der Waals surface area contributed by atoms with Gasteiger partial charge in [0.1, 0.15) is 0 Å². The minimum Gasteiger partial charge on any atom is -0.430 e. The number of aromatic nitrogens is 2. The number of hydrogen-bond acceptors (Lipinski definition) is 7. The molecule has 1 aromatic carbocycles. The number of hydrazine groups is 1. The summed E-state index contributed by atoms with van der Waals surface area (Å²) >= 11 is 5.78. The van der Waals surface area contributed by atoms with E-state index in [2.05, 4.69) is 15.4 Å². The number of nitrogens with one attached hydrogen (secondary N) is 1. The van der Waals surface area contributed by atoms with Gasteiger partial charge in [-0.05, 0) is 6.07 Å². The van der Waals surface area contributed by atoms with Gasteiger partial charge in [0.05, 0.1) is 17.3 Å². The number of nitrogens with two attached hydrogens (primary N) is 1. The zero-order chi connectivity index (χ0) is 13.8. The lowest BCUT2D eigenvalue weighted by Gasteiger charge is -2.06. The molecule has 3 N–H and O–H groups in total. The zero-order valence-electron chi connectivity index (χ0n) is 9.41. The highest BCUT2D eigenvalue weighted by Crippen LogP contribution is 2.32. The number of anilines is 1. The predicted molar refractivity (Wildman–Crippen MR) is 68.0 cm³/mol. The Kier molecular flexibility index (Phi) is 3.74. The monoisotopic (exact) mass is 281 g/mol. The van der Waals surface area contributed by atoms with Crippen LogP contribution in [0.15, 0.2) is 30.6 Å². The van der Waals surface area contributed by atoms with Crippen LogP contribution in [-0.4, -0.2) is 14.9 Å². The fourth-order valence-electron chi connectivity index (χ4n) is 1.30. The number of rotatable bonds is 4. The first-order valence-corrected chi connectivity index (χ1v) is 5.38. The Bertz CT molecular complexity index is 622. The van der Waals surface area contributed by atoms with E-state index >= 15 is 0 Å². The van der Waals surface area contributed by atoms with E-state index in [0.717, 1.165) is 0 Å². The molecule has 8 nitrogen and oxygen atoms in total. The average molecular weight is 282 g/mol. The number of nitro groups is 1. The Labute approximate surface area is 112 Å². The van der Waals surface area contributed by atoms with Crippen LogP contribution in [0.1, 0.15) is 0 Å². The first-order valence-electron chi connectivity index (χ1n) is 5.00. The molecular weight excluding hydrogens is 274 g/mol. The number of halogens is 1. The number of hydrogen-bond donors (Lipinski definition) is 2. The van der Waals surface area contributed by atoms with Gasteiger partial charge in [-0.3, -0.25) is 15.1 Å². The minimum absolute atomic E-state index is 0.0269. The molecule has 0 atom stereocenters. The van der Waals surface area contributed by atoms with Crippen molar-refractivity contribution in [1.82, 2.24) is 9.97 Å². The van der Waals surface area contributed by atoms with E-state index in [1.807, 2.05) is 0 Å². The summed E-state index contributed by atoms with van der Waals surface area (Å²) in [6.45, 7) is 0. The average Bonchev–Trinajstić information content (AvgIpc) is 2.38. The summed E-state index contributed by atoms with van der Waals surface area (Å²) in [5.74, 6) is 5.47. The van der Waals surface area contributed by atoms with Gasteiger partial charge in [-0.1, -0.05) is 11.6 Å². The molecule has 0 radical (unpaired) electrons. The second kappa shape index (κ2) is 5.46. The summed E-state index contributed by atoms with van der Waals surface area (Å²) in [7, 11) is 0. The molecule has 0 saturated heterocycles. The molecule has 2 aromatic rings. The minimum atomic E-state index is -0.579. The molecule has 0 unspecified atom stereocenters. The Morgan fingerprint density at radius 2 is 2.21 bits per heavy atom. The Morgan fingerprint density at radius 1 is 1.42 bits per heavy atom. The standard InChI is InChI=1S/C10H8ClN5O3/c11-6-1-2-7(16(17)18)8(3-6)19-10-5-13-4-9(14-10)15-12/h1-5H,12H2,(H,14,15). The molecular formula is C10H8ClN5O3. The highest BCUT2D eigenvalue weighted by atomic mass is 35.5. The van der Waals surface area contributed by atoms with Gasteiger partial charge in [0.25, 0.3) is 0 Å². The first-order chi connectivity index (χ1) is 9.10. The molecule has 0 aliphatic heterocycles. The van der Waals surface area contributed by atoms with Crippen molar-refractivity contribution < 1.29 is 9.66 Å². The smallest absolute Gasteiger partial charge is 0.311 e. The highest BCUT2D eigenvalue weighted by molar-refractivity contribution is 6.30. The lowest BCUT2D eigenvalue weighted by molar-refractivity contribution is -0.385. The van der Waals surface area contributed by atoms with Crippen molar-refractivity contribution in [2.24, 2.45) is 5.84 Å². The van der Waals surface area contributed by atoms with Crippen LogP contribution in [0.4, 0.5) is 11.5 Å². The topological polar surface area (TPSA) is 116 Å². The van der Waals surface area contributed by atoms with Gasteiger partial charge >= 0.3 is 5.69 Å². The summed E-state index contributed by atoms with van der Waals surface area (Å²) in [6.07, 6.45) is 2.67. The largest absolute Gasteiger partial charge is 0.430 e. The van der Waals surface area contributed by atoms with Crippen molar-refractivity contribution in [2.75, 3.05) is 5.43 Å². The summed E-state index contributed by atoms with van der Waals surface area (Å²) in [6, 6.07) is 3.97. The summed E-state index contributed by atoms with van der Waals surface area (Å²) in [4.78, 5) is 18.0. The molecule has 0 bridgehead atoms. The molecule has 0 amide bonds. The van der Waals surface area contributed by atoms with Gasteiger partial charge in [-0.15, -0.1) is 0 Å². The molecule has 19 heavy (non-hydrogen) atoms. The third-order valence-corrected chi connectivity index (χ3v) is 2.33. The normalized spacial score (nSPS) is 10.0. The maximum Gasteiger partial charge on any atom is 0.311 e. The van der Waals surface area contributed by atoms with E-state index in [-0.39, 0.29) is 23.1 Å². The van der Waals surface area contributed by atoms with Crippen LogP contribution in [0.25, 0.3) is 0 Å². The van der Waals surface area contributed by atoms with E-state index in [0.29, 0.717) is 5.02 Å². The van der Waals surface area contributed by atoms with E-state index in [9.17, 15) is 10.1 Å². The molecule has 9 heteroatoms. The number of nitrogens with zero attached hydrogens (tertiary/aromatic N) is 3. The molecule has 0 spiro atoms. The van der Waals surface area contributed by atoms with E-state index < -0.39 is 4.92 Å². The highest BCUT2D eigenvalue weighted by Gasteiger charge is 2.16. The quantitative estimate of drug-likeness (QED) is 0.501. The molecule has 0 saturated carbocycles. The Balaban J connectivity index is 2.36. The number of nitro benzene ring substituents is 1. The second-order valence-corrected chi connectivity index (χ2v) is 3.79. The van der Waals surface area contributed by atoms with Crippen LogP contribution in [0.3, 0.4) is 0 Å². The Morgan fingerprint density at radius 3 is 2.89 bits per heavy atom. The lowest BCUT2D eigenvalue weighted by atomic mass is 10.3. The van der Waals surface area contributed by atoms with Gasteiger partial charge in [0.2, 0.25) is 11.6 Å². The van der Waals surface area contributed by atoms with Crippen molar-refractivity contribution in [1.29, 1.82) is 0 Å². The van der Waals surface area contributed by atoms with Crippen LogP contribution in [-0.2, 0) is 0 Å². The third kappa shape index (κ3) is 3.06. The second-order valence-electron chi connectivity index (χ2n) is 3.36. The molecule has 0 aliphatic rings. The molecule has 1 heterocycles. The zero-order valence-corrected chi connectivity index (χ0v) is 10.2. The third-order valence-electron chi connectivity index (χ3n) is 2.09. The summed E-state index contributed by atoms with van der Waals surface area (Å²) in [5, 5.41) is 11.2. The van der Waals surface area contributed by atoms with Crippen molar-refractivity contribution in [3.8, 4) is 11.6 Å². The van der Waals surface area contributed by atoms with E-state index in [1.54, 1.807) is 0 Å². The fraction of sp³-hybridized carbons (Fsp3) is 0. The molecule has 1 aromatic heterocycles. The fourth-order valence-corrected chi connectivity index (χ4v) is 1.46. The SMILES string of the molecule is NNc1cncc(Oc2cc(Cl)ccc2[N+](=O)[O-])n1. The van der Waals surface area contributed by atoms with Crippen LogP contribution in [0.2, 0.25) is 5.02 Å². The van der Waals surface area contributed by atoms with Crippen molar-refractivity contribution in [3.63, 3.8) is 0 Å². The van der Waals surface area contributed by atoms with E-state index in [1.165, 1.54) is 30.6 Å². The maximum atomic E-state index is 10.9. The predicted octanol–water partition coefficient (Wildman–Crippen LogP) is 2.12. The van der Waals surface area contributed by atoms with Crippen LogP contribution in [0, 0.1) is 10.1 Å². The maximum absolute atomic E-state index is 10.9. The summed E-state index contributed by atoms with van der Waals surface area (Å²) < 4.78 is 5.30. The molecule has 0 aliphatic carbocycles.